The lowest BCUT2D eigenvalue weighted by atomic mass is 9.82. The van der Waals surface area contributed by atoms with Crippen LogP contribution in [0.1, 0.15) is 46.6 Å². The Labute approximate surface area is 146 Å². The van der Waals surface area contributed by atoms with Crippen molar-refractivity contribution in [3.8, 4) is 6.07 Å². The van der Waals surface area contributed by atoms with Gasteiger partial charge < -0.3 is 10.6 Å². The van der Waals surface area contributed by atoms with Crippen molar-refractivity contribution in [3.63, 3.8) is 0 Å². The molecular weight excluding hydrogens is 298 g/mol. The largest absolute Gasteiger partial charge is 0.385 e. The van der Waals surface area contributed by atoms with Gasteiger partial charge in [0.2, 0.25) is 0 Å². The Bertz CT molecular complexity index is 604. The molecule has 0 aromatic heterocycles. The van der Waals surface area contributed by atoms with Crippen LogP contribution in [0.4, 0.5) is 0 Å². The Morgan fingerprint density at radius 3 is 2.33 bits per heavy atom. The van der Waals surface area contributed by atoms with Crippen LogP contribution in [0, 0.1) is 16.7 Å². The van der Waals surface area contributed by atoms with Gasteiger partial charge in [0.25, 0.3) is 5.91 Å². The van der Waals surface area contributed by atoms with Gasteiger partial charge in [-0.2, -0.15) is 5.26 Å². The van der Waals surface area contributed by atoms with Crippen LogP contribution in [-0.4, -0.2) is 18.0 Å². The maximum absolute atomic E-state index is 12.1. The number of carbonyl (C=O) groups is 1. The fourth-order valence-electron chi connectivity index (χ4n) is 2.85. The van der Waals surface area contributed by atoms with Crippen LogP contribution in [0.2, 0.25) is 0 Å². The average Bonchev–Trinajstić information content (AvgIpc) is 2.46. The highest BCUT2D eigenvalue weighted by Crippen LogP contribution is 2.26. The maximum Gasteiger partial charge on any atom is 0.263 e. The molecular formula is C20H29N3O. The van der Waals surface area contributed by atoms with Gasteiger partial charge in [-0.3, -0.25) is 4.79 Å². The fourth-order valence-corrected chi connectivity index (χ4v) is 2.85. The summed E-state index contributed by atoms with van der Waals surface area (Å²) in [5.74, 6) is -0.340. The molecule has 0 fully saturated rings. The zero-order valence-electron chi connectivity index (χ0n) is 15.4. The smallest absolute Gasteiger partial charge is 0.263 e. The summed E-state index contributed by atoms with van der Waals surface area (Å²) >= 11 is 0. The molecule has 0 aliphatic carbocycles. The van der Waals surface area contributed by atoms with Crippen LogP contribution in [-0.2, 0) is 11.2 Å². The summed E-state index contributed by atoms with van der Waals surface area (Å²) in [5, 5.41) is 15.2. The summed E-state index contributed by atoms with van der Waals surface area (Å²) in [6.07, 6.45) is 3.20. The van der Waals surface area contributed by atoms with Crippen molar-refractivity contribution in [2.24, 2.45) is 5.41 Å². The van der Waals surface area contributed by atoms with Crippen LogP contribution in [0.25, 0.3) is 0 Å². The number of rotatable bonds is 7. The van der Waals surface area contributed by atoms with Crippen LogP contribution in [0.15, 0.2) is 42.1 Å². The number of benzene rings is 1. The molecule has 0 aliphatic rings. The third-order valence-corrected chi connectivity index (χ3v) is 3.49. The Hall–Kier alpha value is -2.28. The summed E-state index contributed by atoms with van der Waals surface area (Å²) in [6, 6.07) is 11.9. The van der Waals surface area contributed by atoms with Gasteiger partial charge in [0.15, 0.2) is 0 Å². The van der Waals surface area contributed by atoms with E-state index in [1.807, 2.05) is 36.4 Å². The molecule has 0 atom stereocenters. The second kappa shape index (κ2) is 8.54. The SMILES string of the molecule is CC(C)(C)CC(C)(C)N/C=C(/C#N)C(=O)NCCc1ccccc1. The lowest BCUT2D eigenvalue weighted by molar-refractivity contribution is -0.117. The van der Waals surface area contributed by atoms with Crippen LogP contribution in [0.3, 0.4) is 0 Å². The van der Waals surface area contributed by atoms with E-state index in [1.165, 1.54) is 6.20 Å². The molecule has 0 unspecified atom stereocenters. The molecule has 0 radical (unpaired) electrons. The molecule has 2 N–H and O–H groups in total. The molecule has 130 valence electrons. The number of amides is 1. The highest BCUT2D eigenvalue weighted by Gasteiger charge is 2.24. The van der Waals surface area contributed by atoms with Gasteiger partial charge in [0, 0.05) is 18.3 Å². The van der Waals surface area contributed by atoms with Crippen molar-refractivity contribution in [2.75, 3.05) is 6.54 Å². The molecule has 1 rings (SSSR count). The quantitative estimate of drug-likeness (QED) is 0.594. The van der Waals surface area contributed by atoms with E-state index in [2.05, 4.69) is 45.3 Å². The molecule has 1 aromatic carbocycles. The first kappa shape index (κ1) is 19.8. The summed E-state index contributed by atoms with van der Waals surface area (Å²) in [6.45, 7) is 11.1. The Balaban J connectivity index is 2.55. The Kier molecular flexibility index (Phi) is 7.03. The first-order chi connectivity index (χ1) is 11.1. The van der Waals surface area contributed by atoms with E-state index in [0.29, 0.717) is 6.54 Å². The Morgan fingerprint density at radius 1 is 1.17 bits per heavy atom. The molecule has 0 spiro atoms. The van der Waals surface area contributed by atoms with Gasteiger partial charge >= 0.3 is 0 Å². The molecule has 0 saturated heterocycles. The van der Waals surface area contributed by atoms with E-state index in [0.717, 1.165) is 18.4 Å². The van der Waals surface area contributed by atoms with E-state index in [-0.39, 0.29) is 22.4 Å². The first-order valence-electron chi connectivity index (χ1n) is 8.33. The van der Waals surface area contributed by atoms with Gasteiger partial charge in [-0.1, -0.05) is 51.1 Å². The van der Waals surface area contributed by atoms with Crippen LogP contribution < -0.4 is 10.6 Å². The van der Waals surface area contributed by atoms with E-state index >= 15 is 0 Å². The molecule has 4 heteroatoms. The highest BCUT2D eigenvalue weighted by molar-refractivity contribution is 5.97. The highest BCUT2D eigenvalue weighted by atomic mass is 16.1. The monoisotopic (exact) mass is 327 g/mol. The van der Waals surface area contributed by atoms with Crippen molar-refractivity contribution < 1.29 is 4.79 Å². The van der Waals surface area contributed by atoms with Gasteiger partial charge in [-0.25, -0.2) is 0 Å². The number of nitrogens with zero attached hydrogens (tertiary/aromatic N) is 1. The van der Waals surface area contributed by atoms with Gasteiger partial charge in [0.1, 0.15) is 11.6 Å². The average molecular weight is 327 g/mol. The van der Waals surface area contributed by atoms with E-state index in [1.54, 1.807) is 0 Å². The van der Waals surface area contributed by atoms with Crippen molar-refractivity contribution in [3.05, 3.63) is 47.7 Å². The summed E-state index contributed by atoms with van der Waals surface area (Å²) in [5.41, 5.74) is 1.23. The summed E-state index contributed by atoms with van der Waals surface area (Å²) in [4.78, 5) is 12.1. The van der Waals surface area contributed by atoms with E-state index in [4.69, 9.17) is 0 Å². The third-order valence-electron chi connectivity index (χ3n) is 3.49. The number of hydrogen-bond acceptors (Lipinski definition) is 3. The predicted molar refractivity (Wildman–Crippen MR) is 98.1 cm³/mol. The standard InChI is InChI=1S/C20H29N3O/c1-19(2,3)15-20(4,5)23-14-17(13-21)18(24)22-12-11-16-9-7-6-8-10-16/h6-10,14,23H,11-12,15H2,1-5H3,(H,22,24)/b17-14-. The zero-order chi connectivity index (χ0) is 18.2. The topological polar surface area (TPSA) is 64.9 Å². The minimum absolute atomic E-state index is 0.102. The molecule has 1 amide bonds. The third kappa shape index (κ3) is 7.82. The lowest BCUT2D eigenvalue weighted by Gasteiger charge is -2.33. The number of hydrogen-bond donors (Lipinski definition) is 2. The molecule has 0 heterocycles. The van der Waals surface area contributed by atoms with Gasteiger partial charge in [0.05, 0.1) is 0 Å². The normalized spacial score (nSPS) is 12.4. The molecule has 24 heavy (non-hydrogen) atoms. The molecule has 4 nitrogen and oxygen atoms in total. The number of carbonyl (C=O) groups excluding carboxylic acids is 1. The lowest BCUT2D eigenvalue weighted by Crippen LogP contribution is -2.40. The second-order valence-electron chi connectivity index (χ2n) is 7.93. The second-order valence-corrected chi connectivity index (χ2v) is 7.93. The number of nitriles is 1. The minimum Gasteiger partial charge on any atom is -0.385 e. The van der Waals surface area contributed by atoms with E-state index < -0.39 is 0 Å². The molecule has 0 bridgehead atoms. The van der Waals surface area contributed by atoms with Crippen LogP contribution >= 0.6 is 0 Å². The van der Waals surface area contributed by atoms with Crippen molar-refractivity contribution in [2.45, 2.75) is 53.0 Å². The maximum atomic E-state index is 12.1. The summed E-state index contributed by atoms with van der Waals surface area (Å²) < 4.78 is 0. The van der Waals surface area contributed by atoms with Crippen LogP contribution in [0.5, 0.6) is 0 Å². The summed E-state index contributed by atoms with van der Waals surface area (Å²) in [7, 11) is 0. The van der Waals surface area contributed by atoms with Crippen molar-refractivity contribution >= 4 is 5.91 Å². The molecule has 0 saturated carbocycles. The zero-order valence-corrected chi connectivity index (χ0v) is 15.4. The predicted octanol–water partition coefficient (Wildman–Crippen LogP) is 3.56. The minimum atomic E-state index is -0.340. The van der Waals surface area contributed by atoms with E-state index in [9.17, 15) is 10.1 Å². The van der Waals surface area contributed by atoms with Crippen molar-refractivity contribution in [1.29, 1.82) is 5.26 Å². The Morgan fingerprint density at radius 2 is 1.79 bits per heavy atom. The first-order valence-corrected chi connectivity index (χ1v) is 8.33. The fraction of sp³-hybridized carbons (Fsp3) is 0.500. The van der Waals surface area contributed by atoms with Gasteiger partial charge in [-0.05, 0) is 37.7 Å². The van der Waals surface area contributed by atoms with Gasteiger partial charge in [-0.15, -0.1) is 0 Å². The van der Waals surface area contributed by atoms with Crippen molar-refractivity contribution in [1.82, 2.24) is 10.6 Å². The molecule has 0 aliphatic heterocycles. The molecule has 1 aromatic rings. The number of nitrogens with one attached hydrogen (secondary N) is 2.